The summed E-state index contributed by atoms with van der Waals surface area (Å²) >= 11 is 0. The molecule has 0 aliphatic rings. The summed E-state index contributed by atoms with van der Waals surface area (Å²) in [5, 5.41) is 19.1. The second-order valence-electron chi connectivity index (χ2n) is 7.84. The third kappa shape index (κ3) is 8.54. The minimum Gasteiger partial charge on any atom is -0.479 e. The zero-order valence-electron chi connectivity index (χ0n) is 16.9. The summed E-state index contributed by atoms with van der Waals surface area (Å²) in [6, 6.07) is 6.42. The molecular weight excluding hydrogens is 348 g/mol. The highest BCUT2D eigenvalue weighted by Crippen LogP contribution is 2.14. The number of carbonyl (C=O) groups is 2. The average molecular weight is 380 g/mol. The van der Waals surface area contributed by atoms with Crippen molar-refractivity contribution >= 4 is 11.9 Å². The molecule has 0 aromatic heterocycles. The summed E-state index contributed by atoms with van der Waals surface area (Å²) in [5.41, 5.74) is 3.02. The summed E-state index contributed by atoms with van der Waals surface area (Å²) in [7, 11) is 0. The molecule has 0 unspecified atom stereocenters. The predicted octanol–water partition coefficient (Wildman–Crippen LogP) is 3.19. The summed E-state index contributed by atoms with van der Waals surface area (Å²) in [4.78, 5) is 23.1. The Morgan fingerprint density at radius 2 is 1.74 bits per heavy atom. The Morgan fingerprint density at radius 3 is 2.30 bits per heavy atom. The number of carboxylic acids is 1. The molecular formula is C21H32O6. The number of hydrogen-bond acceptors (Lipinski definition) is 5. The topological polar surface area (TPSA) is 93.1 Å². The predicted molar refractivity (Wildman–Crippen MR) is 103 cm³/mol. The molecule has 0 bridgehead atoms. The molecule has 2 N–H and O–H groups in total. The van der Waals surface area contributed by atoms with E-state index in [1.165, 1.54) is 16.7 Å². The van der Waals surface area contributed by atoms with Gasteiger partial charge in [0.05, 0.1) is 0 Å². The molecule has 0 aliphatic heterocycles. The number of aliphatic hydroxyl groups is 1. The van der Waals surface area contributed by atoms with Gasteiger partial charge in [-0.05, 0) is 70.6 Å². The zero-order valence-corrected chi connectivity index (χ0v) is 16.9. The van der Waals surface area contributed by atoms with Crippen LogP contribution in [0, 0.1) is 13.8 Å². The molecule has 6 heteroatoms. The largest absolute Gasteiger partial charge is 0.479 e. The Morgan fingerprint density at radius 1 is 1.07 bits per heavy atom. The van der Waals surface area contributed by atoms with Crippen LogP contribution >= 0.6 is 0 Å². The number of hydrogen-bond donors (Lipinski definition) is 2. The molecule has 6 nitrogen and oxygen atoms in total. The number of esters is 1. The maximum absolute atomic E-state index is 11.8. The minimum absolute atomic E-state index is 0.156. The first-order valence-corrected chi connectivity index (χ1v) is 9.32. The molecule has 1 aromatic carbocycles. The van der Waals surface area contributed by atoms with Gasteiger partial charge in [-0.3, -0.25) is 0 Å². The Kier molecular flexibility index (Phi) is 8.93. The molecule has 0 saturated carbocycles. The Hall–Kier alpha value is -1.92. The molecule has 152 valence electrons. The van der Waals surface area contributed by atoms with Gasteiger partial charge in [0.2, 0.25) is 0 Å². The fourth-order valence-electron chi connectivity index (χ4n) is 2.56. The highest BCUT2D eigenvalue weighted by molar-refractivity contribution is 5.84. The van der Waals surface area contributed by atoms with Crippen molar-refractivity contribution in [1.82, 2.24) is 0 Å². The molecule has 0 spiro atoms. The van der Waals surface area contributed by atoms with Crippen LogP contribution in [-0.2, 0) is 25.5 Å². The van der Waals surface area contributed by atoms with Crippen molar-refractivity contribution < 1.29 is 29.3 Å². The van der Waals surface area contributed by atoms with Crippen molar-refractivity contribution in [2.24, 2.45) is 0 Å². The molecule has 0 heterocycles. The summed E-state index contributed by atoms with van der Waals surface area (Å²) in [6.45, 7) is 9.26. The van der Waals surface area contributed by atoms with Crippen molar-refractivity contribution in [3.63, 3.8) is 0 Å². The molecule has 0 saturated heterocycles. The average Bonchev–Trinajstić information content (AvgIpc) is 2.54. The second kappa shape index (κ2) is 10.4. The van der Waals surface area contributed by atoms with E-state index in [2.05, 4.69) is 32.0 Å². The molecule has 0 amide bonds. The van der Waals surface area contributed by atoms with E-state index >= 15 is 0 Å². The van der Waals surface area contributed by atoms with Crippen LogP contribution in [0.2, 0.25) is 0 Å². The van der Waals surface area contributed by atoms with E-state index in [9.17, 15) is 19.8 Å². The second-order valence-corrected chi connectivity index (χ2v) is 7.84. The molecule has 1 aromatic rings. The number of ether oxygens (including phenoxy) is 2. The number of aryl methyl sites for hydroxylation is 3. The van der Waals surface area contributed by atoms with Crippen LogP contribution in [0.1, 0.15) is 56.7 Å². The summed E-state index contributed by atoms with van der Waals surface area (Å²) in [5.74, 6) is -2.38. The highest BCUT2D eigenvalue weighted by atomic mass is 16.6. The highest BCUT2D eigenvalue weighted by Gasteiger charge is 2.36. The van der Waals surface area contributed by atoms with E-state index in [-0.39, 0.29) is 6.61 Å². The van der Waals surface area contributed by atoms with Gasteiger partial charge < -0.3 is 19.7 Å². The Balaban J connectivity index is 2.37. The fraction of sp³-hybridized carbons (Fsp3) is 0.619. The van der Waals surface area contributed by atoms with E-state index in [0.29, 0.717) is 6.42 Å². The van der Waals surface area contributed by atoms with E-state index in [1.807, 2.05) is 0 Å². The molecule has 0 fully saturated rings. The van der Waals surface area contributed by atoms with Gasteiger partial charge in [0.25, 0.3) is 0 Å². The lowest BCUT2D eigenvalue weighted by molar-refractivity contribution is -0.182. The fourth-order valence-corrected chi connectivity index (χ4v) is 2.56. The van der Waals surface area contributed by atoms with Crippen LogP contribution in [0.15, 0.2) is 18.2 Å². The lowest BCUT2D eigenvalue weighted by Gasteiger charge is -2.24. The lowest BCUT2D eigenvalue weighted by atomic mass is 10.0. The zero-order chi connectivity index (χ0) is 20.6. The molecule has 2 atom stereocenters. The maximum atomic E-state index is 11.8. The van der Waals surface area contributed by atoms with Gasteiger partial charge in [-0.15, -0.1) is 0 Å². The van der Waals surface area contributed by atoms with Gasteiger partial charge in [0, 0.05) is 6.61 Å². The minimum atomic E-state index is -1.85. The molecule has 0 aliphatic carbocycles. The van der Waals surface area contributed by atoms with Crippen LogP contribution in [0.4, 0.5) is 0 Å². The Labute approximate surface area is 161 Å². The number of aliphatic hydroxyl groups excluding tert-OH is 1. The molecule has 27 heavy (non-hydrogen) atoms. The van der Waals surface area contributed by atoms with Gasteiger partial charge in [-0.2, -0.15) is 0 Å². The van der Waals surface area contributed by atoms with Crippen molar-refractivity contribution in [2.45, 2.75) is 78.1 Å². The van der Waals surface area contributed by atoms with Gasteiger partial charge in [-0.1, -0.05) is 24.6 Å². The van der Waals surface area contributed by atoms with Crippen LogP contribution in [-0.4, -0.2) is 46.6 Å². The summed E-state index contributed by atoms with van der Waals surface area (Å²) in [6.07, 6.45) is -0.0588. The van der Waals surface area contributed by atoms with Crippen LogP contribution in [0.5, 0.6) is 0 Å². The van der Waals surface area contributed by atoms with Crippen molar-refractivity contribution in [2.75, 3.05) is 6.61 Å². The number of carbonyl (C=O) groups excluding carboxylic acids is 1. The quantitative estimate of drug-likeness (QED) is 0.478. The first-order chi connectivity index (χ1) is 12.5. The number of benzene rings is 1. The first kappa shape index (κ1) is 23.1. The standard InChI is InChI=1S/C21H32O6/c1-14-10-11-16(13-15(14)2)9-7-6-8-12-26-18(19(23)24)17(22)20(25)27-21(3,4)5/h10-11,13,17-18,22H,6-9,12H2,1-5H3,(H,23,24)/t17-,18-/m1/s1. The van der Waals surface area contributed by atoms with Crippen molar-refractivity contribution in [3.8, 4) is 0 Å². The monoisotopic (exact) mass is 380 g/mol. The normalized spacial score (nSPS) is 13.9. The van der Waals surface area contributed by atoms with Gasteiger partial charge >= 0.3 is 11.9 Å². The lowest BCUT2D eigenvalue weighted by Crippen LogP contribution is -2.44. The van der Waals surface area contributed by atoms with E-state index in [4.69, 9.17) is 9.47 Å². The summed E-state index contributed by atoms with van der Waals surface area (Å²) < 4.78 is 10.2. The number of aliphatic carboxylic acids is 1. The van der Waals surface area contributed by atoms with E-state index < -0.39 is 29.7 Å². The maximum Gasteiger partial charge on any atom is 0.338 e. The van der Waals surface area contributed by atoms with E-state index in [0.717, 1.165) is 19.3 Å². The van der Waals surface area contributed by atoms with Crippen molar-refractivity contribution in [3.05, 3.63) is 34.9 Å². The molecule has 0 radical (unpaired) electrons. The van der Waals surface area contributed by atoms with Crippen LogP contribution in [0.25, 0.3) is 0 Å². The number of rotatable bonds is 10. The number of unbranched alkanes of at least 4 members (excludes halogenated alkanes) is 2. The third-order valence-electron chi connectivity index (χ3n) is 4.16. The van der Waals surface area contributed by atoms with Gasteiger partial charge in [-0.25, -0.2) is 9.59 Å². The van der Waals surface area contributed by atoms with Crippen molar-refractivity contribution in [1.29, 1.82) is 0 Å². The third-order valence-corrected chi connectivity index (χ3v) is 4.16. The Bertz CT molecular complexity index is 632. The van der Waals surface area contributed by atoms with Gasteiger partial charge in [0.1, 0.15) is 5.60 Å². The van der Waals surface area contributed by atoms with Crippen LogP contribution < -0.4 is 0 Å². The number of carboxylic acid groups (broad SMARTS) is 1. The molecule has 1 rings (SSSR count). The van der Waals surface area contributed by atoms with Gasteiger partial charge in [0.15, 0.2) is 12.2 Å². The van der Waals surface area contributed by atoms with E-state index in [1.54, 1.807) is 20.8 Å². The first-order valence-electron chi connectivity index (χ1n) is 9.32. The van der Waals surface area contributed by atoms with Crippen LogP contribution in [0.3, 0.4) is 0 Å². The smallest absolute Gasteiger partial charge is 0.338 e. The SMILES string of the molecule is Cc1ccc(CCCCCO[C@@H](C(=O)O)[C@@H](O)C(=O)OC(C)(C)C)cc1C.